The van der Waals surface area contributed by atoms with E-state index in [9.17, 15) is 24.6 Å². The molecule has 2 aliphatic rings. The van der Waals surface area contributed by atoms with Crippen LogP contribution in [0.1, 0.15) is 16.8 Å². The number of amides is 2. The zero-order chi connectivity index (χ0) is 30.3. The van der Waals surface area contributed by atoms with Crippen molar-refractivity contribution in [3.05, 3.63) is 85.8 Å². The fourth-order valence-corrected chi connectivity index (χ4v) is 5.84. The van der Waals surface area contributed by atoms with Crippen molar-refractivity contribution in [3.63, 3.8) is 0 Å². The Hall–Kier alpha value is -3.30. The molecule has 0 spiro atoms. The van der Waals surface area contributed by atoms with Crippen LogP contribution in [-0.4, -0.2) is 103 Å². The second-order valence-electron chi connectivity index (χ2n) is 10.4. The average Bonchev–Trinajstić information content (AvgIpc) is 3.02. The van der Waals surface area contributed by atoms with Crippen molar-refractivity contribution < 1.29 is 33.7 Å². The average molecular weight is 704 g/mol. The van der Waals surface area contributed by atoms with Crippen LogP contribution in [0, 0.1) is 3.57 Å². The highest BCUT2D eigenvalue weighted by Crippen LogP contribution is 2.30. The lowest BCUT2D eigenvalue weighted by Crippen LogP contribution is -2.57. The van der Waals surface area contributed by atoms with Gasteiger partial charge in [0.1, 0.15) is 29.1 Å². The predicted molar refractivity (Wildman–Crippen MR) is 167 cm³/mol. The molecule has 5 rings (SSSR count). The smallest absolute Gasteiger partial charge is 0.349 e. The lowest BCUT2D eigenvalue weighted by molar-refractivity contribution is -0.118. The number of nitrogens with zero attached hydrogens (tertiary/aromatic N) is 2. The summed E-state index contributed by atoms with van der Waals surface area (Å²) in [6.45, 7) is 2.94. The minimum absolute atomic E-state index is 0.0118. The maximum Gasteiger partial charge on any atom is 0.349 e. The molecule has 1 aromatic heterocycles. The molecule has 0 bridgehead atoms. The fraction of sp³-hybridized carbons (Fsp3) is 0.387. The molecule has 3 atom stereocenters. The topological polar surface area (TPSA) is 142 Å². The Morgan fingerprint density at radius 2 is 1.86 bits per heavy atom. The van der Waals surface area contributed by atoms with Crippen LogP contribution >= 0.6 is 22.6 Å². The Morgan fingerprint density at radius 1 is 1.12 bits per heavy atom. The quantitative estimate of drug-likeness (QED) is 0.213. The van der Waals surface area contributed by atoms with Crippen LogP contribution in [0.4, 0.5) is 0 Å². The first-order chi connectivity index (χ1) is 20.9. The van der Waals surface area contributed by atoms with E-state index in [1.54, 1.807) is 42.5 Å². The van der Waals surface area contributed by atoms with E-state index in [4.69, 9.17) is 13.9 Å². The van der Waals surface area contributed by atoms with Gasteiger partial charge in [0.15, 0.2) is 0 Å². The number of carbonyl (C=O) groups excluding carboxylic acids is 2. The maximum absolute atomic E-state index is 14.2. The fourth-order valence-electron chi connectivity index (χ4n) is 5.32. The zero-order valence-electron chi connectivity index (χ0n) is 23.5. The van der Waals surface area contributed by atoms with Gasteiger partial charge >= 0.3 is 5.63 Å². The monoisotopic (exact) mass is 703 g/mol. The van der Waals surface area contributed by atoms with Gasteiger partial charge in [-0.1, -0.05) is 30.3 Å². The standard InChI is InChI=1S/C31H34IN3O8/c32-23-6-2-4-8-26(23)42-27-19-21(29(38)33-9-14-36)18-24(28(27)37)35(11-10-34-12-15-41-16-13-34)30(39)22-17-20-5-1-3-7-25(20)43-31(22)40/h1-8,17,19,24,27-28,36-37H,9-16,18H2,(H,33,38)/t24-,27+,28+/m1/s1. The Labute approximate surface area is 262 Å². The third-order valence-corrected chi connectivity index (χ3v) is 8.50. The number of hydrogen-bond donors (Lipinski definition) is 3. The largest absolute Gasteiger partial charge is 0.482 e. The number of para-hydroxylation sites is 2. The van der Waals surface area contributed by atoms with E-state index in [1.165, 1.54) is 11.0 Å². The van der Waals surface area contributed by atoms with E-state index in [0.717, 1.165) is 3.57 Å². The number of hydrogen-bond acceptors (Lipinski definition) is 9. The van der Waals surface area contributed by atoms with E-state index in [-0.39, 0.29) is 31.7 Å². The molecule has 2 aromatic carbocycles. The van der Waals surface area contributed by atoms with Crippen molar-refractivity contribution in [2.75, 3.05) is 52.5 Å². The summed E-state index contributed by atoms with van der Waals surface area (Å²) in [6, 6.07) is 14.8. The van der Waals surface area contributed by atoms with Crippen LogP contribution in [0.5, 0.6) is 5.75 Å². The molecule has 3 N–H and O–H groups in total. The summed E-state index contributed by atoms with van der Waals surface area (Å²) in [5.41, 5.74) is -0.287. The number of morpholine rings is 1. The summed E-state index contributed by atoms with van der Waals surface area (Å²) in [4.78, 5) is 44.0. The van der Waals surface area contributed by atoms with Crippen LogP contribution in [0.2, 0.25) is 0 Å². The number of benzene rings is 2. The molecule has 1 saturated heterocycles. The number of fused-ring (bicyclic) bond motifs is 1. The Morgan fingerprint density at radius 3 is 2.63 bits per heavy atom. The van der Waals surface area contributed by atoms with Crippen LogP contribution < -0.4 is 15.7 Å². The van der Waals surface area contributed by atoms with E-state index >= 15 is 0 Å². The molecule has 0 radical (unpaired) electrons. The predicted octanol–water partition coefficient (Wildman–Crippen LogP) is 1.79. The lowest BCUT2D eigenvalue weighted by atomic mass is 9.87. The number of nitrogens with one attached hydrogen (secondary N) is 1. The normalized spacial score (nSPS) is 20.8. The molecule has 3 aromatic rings. The van der Waals surface area contributed by atoms with Gasteiger partial charge in [0.25, 0.3) is 5.91 Å². The molecule has 12 heteroatoms. The number of halogens is 1. The molecular formula is C31H34IN3O8. The number of rotatable bonds is 10. The minimum atomic E-state index is -1.23. The first kappa shape index (κ1) is 31.1. The van der Waals surface area contributed by atoms with Gasteiger partial charge in [0, 0.05) is 50.1 Å². The number of carbonyl (C=O) groups is 2. The molecule has 228 valence electrons. The molecule has 1 aliphatic carbocycles. The van der Waals surface area contributed by atoms with Crippen molar-refractivity contribution in [1.29, 1.82) is 0 Å². The van der Waals surface area contributed by atoms with E-state index in [1.807, 2.05) is 12.1 Å². The molecule has 43 heavy (non-hydrogen) atoms. The summed E-state index contributed by atoms with van der Waals surface area (Å²) >= 11 is 2.13. The summed E-state index contributed by atoms with van der Waals surface area (Å²) in [7, 11) is 0. The molecule has 11 nitrogen and oxygen atoms in total. The van der Waals surface area contributed by atoms with E-state index in [2.05, 4.69) is 32.8 Å². The van der Waals surface area contributed by atoms with Gasteiger partial charge in [-0.3, -0.25) is 14.5 Å². The second-order valence-corrected chi connectivity index (χ2v) is 11.5. The van der Waals surface area contributed by atoms with Crippen molar-refractivity contribution in [2.24, 2.45) is 0 Å². The van der Waals surface area contributed by atoms with Crippen LogP contribution in [0.3, 0.4) is 0 Å². The second kappa shape index (κ2) is 14.4. The zero-order valence-corrected chi connectivity index (χ0v) is 25.6. The summed E-state index contributed by atoms with van der Waals surface area (Å²) < 4.78 is 18.0. The van der Waals surface area contributed by atoms with Crippen LogP contribution in [0.15, 0.2) is 75.5 Å². The van der Waals surface area contributed by atoms with Crippen molar-refractivity contribution in [2.45, 2.75) is 24.7 Å². The SMILES string of the molecule is O=C(NCCO)C1=C[C@H](Oc2ccccc2I)[C@@H](O)[C@H](N(CCN2CCOCC2)C(=O)c2cc3ccccc3oc2=O)C1. The molecule has 2 amide bonds. The first-order valence-electron chi connectivity index (χ1n) is 14.2. The highest BCUT2D eigenvalue weighted by Gasteiger charge is 2.41. The highest BCUT2D eigenvalue weighted by molar-refractivity contribution is 14.1. The first-order valence-corrected chi connectivity index (χ1v) is 15.3. The summed E-state index contributed by atoms with van der Waals surface area (Å²) in [5.74, 6) is -0.532. The van der Waals surface area contributed by atoms with Gasteiger partial charge in [-0.25, -0.2) is 4.79 Å². The number of ether oxygens (including phenoxy) is 2. The Balaban J connectivity index is 1.52. The third-order valence-electron chi connectivity index (χ3n) is 7.61. The highest BCUT2D eigenvalue weighted by atomic mass is 127. The molecule has 0 saturated carbocycles. The summed E-state index contributed by atoms with van der Waals surface area (Å²) in [6.07, 6.45) is -0.632. The minimum Gasteiger partial charge on any atom is -0.482 e. The van der Waals surface area contributed by atoms with Crippen molar-refractivity contribution >= 4 is 45.4 Å². The van der Waals surface area contributed by atoms with Gasteiger partial charge in [0.2, 0.25) is 5.91 Å². The molecular weight excluding hydrogens is 669 g/mol. The van der Waals surface area contributed by atoms with Crippen molar-refractivity contribution in [1.82, 2.24) is 15.1 Å². The molecule has 1 aliphatic heterocycles. The van der Waals surface area contributed by atoms with Gasteiger partial charge in [0.05, 0.1) is 29.4 Å². The Kier molecular flexibility index (Phi) is 10.5. The lowest BCUT2D eigenvalue weighted by Gasteiger charge is -2.41. The van der Waals surface area contributed by atoms with Crippen LogP contribution in [0.25, 0.3) is 11.0 Å². The molecule has 0 unspecified atom stereocenters. The van der Waals surface area contributed by atoms with Crippen molar-refractivity contribution in [3.8, 4) is 5.75 Å². The van der Waals surface area contributed by atoms with Gasteiger partial charge in [-0.2, -0.15) is 0 Å². The van der Waals surface area contributed by atoms with Crippen LogP contribution in [-0.2, 0) is 9.53 Å². The number of aliphatic hydroxyl groups is 2. The molecule has 1 fully saturated rings. The number of aliphatic hydroxyl groups excluding tert-OH is 2. The van der Waals surface area contributed by atoms with Gasteiger partial charge in [-0.05, 0) is 52.9 Å². The summed E-state index contributed by atoms with van der Waals surface area (Å²) in [5, 5.41) is 24.2. The van der Waals surface area contributed by atoms with E-state index < -0.39 is 35.7 Å². The maximum atomic E-state index is 14.2. The van der Waals surface area contributed by atoms with Gasteiger partial charge < -0.3 is 34.3 Å². The Bertz CT molecular complexity index is 1540. The van der Waals surface area contributed by atoms with E-state index in [0.29, 0.717) is 55.1 Å². The third kappa shape index (κ3) is 7.44. The van der Waals surface area contributed by atoms with Gasteiger partial charge in [-0.15, -0.1) is 0 Å². The molecule has 2 heterocycles.